The third-order valence-corrected chi connectivity index (χ3v) is 1.82. The van der Waals surface area contributed by atoms with Gasteiger partial charge in [-0.25, -0.2) is 5.84 Å². The first-order valence-electron chi connectivity index (χ1n) is 4.38. The van der Waals surface area contributed by atoms with Crippen LogP contribution in [0.3, 0.4) is 0 Å². The normalized spacial score (nSPS) is 15.2. The average Bonchev–Trinajstić information content (AvgIpc) is 1.85. The summed E-state index contributed by atoms with van der Waals surface area (Å²) in [6.45, 7) is 8.71. The summed E-state index contributed by atoms with van der Waals surface area (Å²) in [6.07, 6.45) is 2.73. The van der Waals surface area contributed by atoms with Crippen molar-refractivity contribution >= 4 is 6.34 Å². The number of nitrogens with zero attached hydrogens (tertiary/aromatic N) is 2. The Morgan fingerprint density at radius 1 is 1.50 bits per heavy atom. The van der Waals surface area contributed by atoms with E-state index in [0.717, 1.165) is 6.42 Å². The maximum absolute atomic E-state index is 5.42. The van der Waals surface area contributed by atoms with Crippen LogP contribution in [-0.4, -0.2) is 24.4 Å². The second kappa shape index (κ2) is 4.45. The van der Waals surface area contributed by atoms with Crippen LogP contribution in [0.15, 0.2) is 4.99 Å². The largest absolute Gasteiger partial charge is 0.304 e. The molecule has 0 aliphatic rings. The van der Waals surface area contributed by atoms with E-state index in [1.165, 1.54) is 5.01 Å². The van der Waals surface area contributed by atoms with Crippen LogP contribution >= 0.6 is 0 Å². The van der Waals surface area contributed by atoms with Gasteiger partial charge in [-0.15, -0.1) is 0 Å². The van der Waals surface area contributed by atoms with Gasteiger partial charge in [-0.05, 0) is 11.8 Å². The Balaban J connectivity index is 4.18. The Morgan fingerprint density at radius 3 is 2.25 bits per heavy atom. The van der Waals surface area contributed by atoms with Gasteiger partial charge >= 0.3 is 0 Å². The summed E-state index contributed by atoms with van der Waals surface area (Å²) < 4.78 is 0. The van der Waals surface area contributed by atoms with E-state index in [-0.39, 0.29) is 5.41 Å². The molecule has 1 unspecified atom stereocenters. The molecule has 0 saturated carbocycles. The van der Waals surface area contributed by atoms with Crippen LogP contribution in [-0.2, 0) is 0 Å². The first-order valence-corrected chi connectivity index (χ1v) is 4.38. The minimum atomic E-state index is 0.223. The lowest BCUT2D eigenvalue weighted by Gasteiger charge is -2.26. The first kappa shape index (κ1) is 11.4. The highest BCUT2D eigenvalue weighted by Gasteiger charge is 2.21. The smallest absolute Gasteiger partial charge is 0.0991 e. The Bertz CT molecular complexity index is 144. The number of hydrogen-bond acceptors (Lipinski definition) is 2. The minimum Gasteiger partial charge on any atom is -0.304 e. The van der Waals surface area contributed by atoms with Crippen molar-refractivity contribution in [1.82, 2.24) is 5.01 Å². The number of hydrogen-bond donors (Lipinski definition) is 1. The van der Waals surface area contributed by atoms with E-state index in [0.29, 0.717) is 6.04 Å². The molecule has 2 N–H and O–H groups in total. The fraction of sp³-hybridized carbons (Fsp3) is 0.889. The van der Waals surface area contributed by atoms with Crippen molar-refractivity contribution in [3.05, 3.63) is 0 Å². The highest BCUT2D eigenvalue weighted by molar-refractivity contribution is 5.53. The molecule has 0 spiro atoms. The molecule has 1 atom stereocenters. The zero-order chi connectivity index (χ0) is 9.78. The molecular formula is C9H21N3. The van der Waals surface area contributed by atoms with Gasteiger partial charge in [0.2, 0.25) is 0 Å². The molecule has 0 heterocycles. The predicted molar refractivity (Wildman–Crippen MR) is 54.0 cm³/mol. The van der Waals surface area contributed by atoms with E-state index in [1.807, 2.05) is 0 Å². The van der Waals surface area contributed by atoms with Gasteiger partial charge < -0.3 is 5.01 Å². The van der Waals surface area contributed by atoms with Crippen LogP contribution in [0.2, 0.25) is 0 Å². The van der Waals surface area contributed by atoms with Gasteiger partial charge in [0.1, 0.15) is 0 Å². The van der Waals surface area contributed by atoms with Crippen molar-refractivity contribution in [3.63, 3.8) is 0 Å². The molecule has 0 radical (unpaired) electrons. The third-order valence-electron chi connectivity index (χ3n) is 1.82. The second-order valence-electron chi connectivity index (χ2n) is 4.22. The van der Waals surface area contributed by atoms with Gasteiger partial charge in [0.25, 0.3) is 0 Å². The lowest BCUT2D eigenvalue weighted by Crippen LogP contribution is -2.28. The molecule has 0 aromatic carbocycles. The highest BCUT2D eigenvalue weighted by atomic mass is 15.4. The maximum atomic E-state index is 5.42. The SMILES string of the molecule is CCC(N=CN(C)N)C(C)(C)C. The van der Waals surface area contributed by atoms with E-state index in [9.17, 15) is 0 Å². The summed E-state index contributed by atoms with van der Waals surface area (Å²) in [4.78, 5) is 4.39. The molecule has 3 nitrogen and oxygen atoms in total. The molecule has 0 aromatic heterocycles. The van der Waals surface area contributed by atoms with Crippen LogP contribution in [0.1, 0.15) is 34.1 Å². The molecule has 0 fully saturated rings. The van der Waals surface area contributed by atoms with Gasteiger partial charge in [-0.3, -0.25) is 4.99 Å². The molecule has 0 saturated heterocycles. The first-order chi connectivity index (χ1) is 5.38. The van der Waals surface area contributed by atoms with Crippen LogP contribution in [0, 0.1) is 5.41 Å². The number of hydrazine groups is 1. The number of aliphatic imine (C=N–C) groups is 1. The molecule has 0 aliphatic heterocycles. The average molecular weight is 171 g/mol. The quantitative estimate of drug-likeness (QED) is 0.303. The standard InChI is InChI=1S/C9H21N3/c1-6-8(9(2,3)4)11-7-12(5)10/h7-8H,6,10H2,1-5H3. The molecule has 0 bridgehead atoms. The minimum absolute atomic E-state index is 0.223. The van der Waals surface area contributed by atoms with E-state index in [2.05, 4.69) is 32.7 Å². The second-order valence-corrected chi connectivity index (χ2v) is 4.22. The third kappa shape index (κ3) is 4.34. The van der Waals surface area contributed by atoms with Crippen LogP contribution in [0.4, 0.5) is 0 Å². The van der Waals surface area contributed by atoms with Crippen molar-refractivity contribution < 1.29 is 0 Å². The number of rotatable bonds is 3. The molecule has 0 aromatic rings. The number of nitrogens with two attached hydrogens (primary N) is 1. The van der Waals surface area contributed by atoms with Crippen LogP contribution < -0.4 is 5.84 Å². The molecule has 0 amide bonds. The van der Waals surface area contributed by atoms with Crippen molar-refractivity contribution in [3.8, 4) is 0 Å². The maximum Gasteiger partial charge on any atom is 0.0991 e. The Labute approximate surface area is 75.6 Å². The lowest BCUT2D eigenvalue weighted by molar-refractivity contribution is 0.313. The van der Waals surface area contributed by atoms with Gasteiger partial charge in [-0.2, -0.15) is 0 Å². The molecular weight excluding hydrogens is 150 g/mol. The van der Waals surface area contributed by atoms with Gasteiger partial charge in [-0.1, -0.05) is 27.7 Å². The van der Waals surface area contributed by atoms with E-state index >= 15 is 0 Å². The Kier molecular flexibility index (Phi) is 4.24. The Morgan fingerprint density at radius 2 is 2.00 bits per heavy atom. The fourth-order valence-electron chi connectivity index (χ4n) is 1.13. The van der Waals surface area contributed by atoms with Crippen LogP contribution in [0.5, 0.6) is 0 Å². The monoisotopic (exact) mass is 171 g/mol. The van der Waals surface area contributed by atoms with E-state index in [1.54, 1.807) is 13.4 Å². The van der Waals surface area contributed by atoms with Crippen molar-refractivity contribution in [2.24, 2.45) is 16.3 Å². The lowest BCUT2D eigenvalue weighted by atomic mass is 9.86. The predicted octanol–water partition coefficient (Wildman–Crippen LogP) is 1.64. The highest BCUT2D eigenvalue weighted by Crippen LogP contribution is 2.24. The summed E-state index contributed by atoms with van der Waals surface area (Å²) in [7, 11) is 1.78. The van der Waals surface area contributed by atoms with Gasteiger partial charge in [0.15, 0.2) is 0 Å². The zero-order valence-corrected chi connectivity index (χ0v) is 8.83. The van der Waals surface area contributed by atoms with Crippen molar-refractivity contribution in [2.45, 2.75) is 40.2 Å². The molecule has 0 rings (SSSR count). The molecule has 0 aliphatic carbocycles. The van der Waals surface area contributed by atoms with Crippen molar-refractivity contribution in [2.75, 3.05) is 7.05 Å². The summed E-state index contributed by atoms with van der Waals surface area (Å²) in [5.41, 5.74) is 0.223. The molecule has 72 valence electrons. The van der Waals surface area contributed by atoms with Gasteiger partial charge in [0, 0.05) is 7.05 Å². The summed E-state index contributed by atoms with van der Waals surface area (Å²) in [6, 6.07) is 0.350. The summed E-state index contributed by atoms with van der Waals surface area (Å²) in [5, 5.41) is 1.48. The Hall–Kier alpha value is -0.570. The van der Waals surface area contributed by atoms with Crippen LogP contribution in [0.25, 0.3) is 0 Å². The molecule has 3 heteroatoms. The molecule has 12 heavy (non-hydrogen) atoms. The zero-order valence-electron chi connectivity index (χ0n) is 8.83. The summed E-state index contributed by atoms with van der Waals surface area (Å²) in [5.74, 6) is 5.42. The summed E-state index contributed by atoms with van der Waals surface area (Å²) >= 11 is 0. The fourth-order valence-corrected chi connectivity index (χ4v) is 1.13. The topological polar surface area (TPSA) is 41.6 Å². The van der Waals surface area contributed by atoms with E-state index in [4.69, 9.17) is 5.84 Å². The van der Waals surface area contributed by atoms with E-state index < -0.39 is 0 Å². The van der Waals surface area contributed by atoms with Crippen molar-refractivity contribution in [1.29, 1.82) is 0 Å². The van der Waals surface area contributed by atoms with Gasteiger partial charge in [0.05, 0.1) is 12.4 Å².